The Balaban J connectivity index is 1.77. The van der Waals surface area contributed by atoms with Crippen molar-refractivity contribution in [2.75, 3.05) is 19.6 Å². The van der Waals surface area contributed by atoms with Crippen molar-refractivity contribution in [3.05, 3.63) is 35.9 Å². The molecule has 1 aromatic rings. The van der Waals surface area contributed by atoms with E-state index in [1.54, 1.807) is 11.8 Å². The fourth-order valence-electron chi connectivity index (χ4n) is 4.10. The summed E-state index contributed by atoms with van der Waals surface area (Å²) in [6.45, 7) is 3.17. The highest BCUT2D eigenvalue weighted by Crippen LogP contribution is 2.33. The van der Waals surface area contributed by atoms with E-state index >= 15 is 0 Å². The van der Waals surface area contributed by atoms with Gasteiger partial charge >= 0.3 is 0 Å². The number of carbonyl (C=O) groups excluding carboxylic acids is 2. The normalized spacial score (nSPS) is 23.4. The van der Waals surface area contributed by atoms with E-state index < -0.39 is 5.60 Å². The van der Waals surface area contributed by atoms with E-state index in [0.717, 1.165) is 24.8 Å². The van der Waals surface area contributed by atoms with Crippen LogP contribution in [0.1, 0.15) is 57.1 Å². The molecule has 136 valence electrons. The average molecular weight is 344 g/mol. The second-order valence-corrected chi connectivity index (χ2v) is 7.44. The van der Waals surface area contributed by atoms with Gasteiger partial charge in [-0.25, -0.2) is 0 Å². The first-order chi connectivity index (χ1) is 12.0. The summed E-state index contributed by atoms with van der Waals surface area (Å²) in [6.07, 6.45) is 4.73. The number of hydrogen-bond donors (Lipinski definition) is 1. The summed E-state index contributed by atoms with van der Waals surface area (Å²) >= 11 is 0. The molecule has 0 radical (unpaired) electrons. The Bertz CT molecular complexity index is 611. The summed E-state index contributed by atoms with van der Waals surface area (Å²) in [5.74, 6) is 0.0420. The van der Waals surface area contributed by atoms with Crippen molar-refractivity contribution in [3.63, 3.8) is 0 Å². The lowest BCUT2D eigenvalue weighted by Gasteiger charge is -2.43. The van der Waals surface area contributed by atoms with Crippen molar-refractivity contribution < 1.29 is 14.7 Å². The number of carbonyl (C=O) groups is 2. The van der Waals surface area contributed by atoms with Crippen LogP contribution in [-0.4, -0.2) is 52.0 Å². The topological polar surface area (TPSA) is 60.9 Å². The molecule has 5 heteroatoms. The fourth-order valence-corrected chi connectivity index (χ4v) is 4.10. The first-order valence-electron chi connectivity index (χ1n) is 9.31. The van der Waals surface area contributed by atoms with Gasteiger partial charge in [0.25, 0.3) is 0 Å². The molecule has 0 aromatic heterocycles. The Morgan fingerprint density at radius 1 is 1.12 bits per heavy atom. The van der Waals surface area contributed by atoms with Gasteiger partial charge in [-0.2, -0.15) is 0 Å². The third kappa shape index (κ3) is 4.21. The van der Waals surface area contributed by atoms with E-state index in [-0.39, 0.29) is 24.3 Å². The second kappa shape index (κ2) is 7.56. The number of amides is 2. The monoisotopic (exact) mass is 344 g/mol. The van der Waals surface area contributed by atoms with Crippen molar-refractivity contribution in [1.82, 2.24) is 9.80 Å². The molecule has 2 fully saturated rings. The van der Waals surface area contributed by atoms with Gasteiger partial charge in [0.05, 0.1) is 18.1 Å². The maximum Gasteiger partial charge on any atom is 0.226 e. The van der Waals surface area contributed by atoms with Crippen LogP contribution in [0.5, 0.6) is 0 Å². The molecule has 0 bridgehead atoms. The molecule has 0 spiro atoms. The molecular formula is C20H28N2O3. The van der Waals surface area contributed by atoms with Crippen molar-refractivity contribution in [2.45, 2.75) is 57.1 Å². The smallest absolute Gasteiger partial charge is 0.226 e. The minimum absolute atomic E-state index is 0.00135. The number of benzene rings is 1. The lowest BCUT2D eigenvalue weighted by Crippen LogP contribution is -2.53. The van der Waals surface area contributed by atoms with E-state index in [1.807, 2.05) is 35.2 Å². The highest BCUT2D eigenvalue weighted by Gasteiger charge is 2.37. The van der Waals surface area contributed by atoms with E-state index in [0.29, 0.717) is 32.5 Å². The van der Waals surface area contributed by atoms with Gasteiger partial charge in [-0.05, 0) is 18.4 Å². The van der Waals surface area contributed by atoms with Crippen molar-refractivity contribution in [1.29, 1.82) is 0 Å². The fraction of sp³-hybridized carbons (Fsp3) is 0.600. The first-order valence-corrected chi connectivity index (χ1v) is 9.31. The van der Waals surface area contributed by atoms with Crippen LogP contribution in [-0.2, 0) is 9.59 Å². The third-order valence-electron chi connectivity index (χ3n) is 5.59. The summed E-state index contributed by atoms with van der Waals surface area (Å²) in [4.78, 5) is 28.5. The number of hydrogen-bond acceptors (Lipinski definition) is 3. The molecule has 0 unspecified atom stereocenters. The lowest BCUT2D eigenvalue weighted by molar-refractivity contribution is -0.147. The molecule has 2 aliphatic rings. The second-order valence-electron chi connectivity index (χ2n) is 7.44. The van der Waals surface area contributed by atoms with Gasteiger partial charge in [-0.1, -0.05) is 49.6 Å². The average Bonchev–Trinajstić information content (AvgIpc) is 2.62. The van der Waals surface area contributed by atoms with Gasteiger partial charge in [-0.15, -0.1) is 0 Å². The van der Waals surface area contributed by atoms with Gasteiger partial charge in [0.15, 0.2) is 0 Å². The quantitative estimate of drug-likeness (QED) is 0.916. The molecule has 1 saturated carbocycles. The Labute approximate surface area is 149 Å². The van der Waals surface area contributed by atoms with E-state index in [4.69, 9.17) is 0 Å². The standard InChI is InChI=1S/C20H28N2O3/c1-16(23)21-12-13-22(18(15-21)17-8-4-2-5-9-17)19(24)14-20(25)10-6-3-7-11-20/h2,4-5,8-9,18,25H,3,6-7,10-15H2,1H3/t18-/m1/s1. The highest BCUT2D eigenvalue weighted by molar-refractivity contribution is 5.79. The first kappa shape index (κ1) is 17.9. The summed E-state index contributed by atoms with van der Waals surface area (Å²) in [5, 5.41) is 10.8. The molecule has 5 nitrogen and oxygen atoms in total. The molecule has 1 aliphatic carbocycles. The van der Waals surface area contributed by atoms with Crippen LogP contribution in [0.15, 0.2) is 30.3 Å². The molecule has 1 heterocycles. The zero-order chi connectivity index (χ0) is 17.9. The van der Waals surface area contributed by atoms with Crippen LogP contribution in [0.4, 0.5) is 0 Å². The predicted octanol–water partition coefficient (Wildman–Crippen LogP) is 2.50. The van der Waals surface area contributed by atoms with E-state index in [9.17, 15) is 14.7 Å². The van der Waals surface area contributed by atoms with Gasteiger partial charge in [0.2, 0.25) is 11.8 Å². The van der Waals surface area contributed by atoms with Crippen LogP contribution in [0.25, 0.3) is 0 Å². The van der Waals surface area contributed by atoms with E-state index in [1.165, 1.54) is 0 Å². The van der Waals surface area contributed by atoms with Crippen LogP contribution in [0, 0.1) is 0 Å². The number of nitrogens with zero attached hydrogens (tertiary/aromatic N) is 2. The maximum atomic E-state index is 13.0. The minimum Gasteiger partial charge on any atom is -0.389 e. The largest absolute Gasteiger partial charge is 0.389 e. The number of aliphatic hydroxyl groups is 1. The summed E-state index contributed by atoms with van der Waals surface area (Å²) < 4.78 is 0. The molecule has 1 saturated heterocycles. The van der Waals surface area contributed by atoms with Gasteiger partial charge in [-0.3, -0.25) is 9.59 Å². The molecule has 1 atom stereocenters. The van der Waals surface area contributed by atoms with Crippen LogP contribution in [0.3, 0.4) is 0 Å². The Kier molecular flexibility index (Phi) is 5.42. The highest BCUT2D eigenvalue weighted by atomic mass is 16.3. The summed E-state index contributed by atoms with van der Waals surface area (Å²) in [5.41, 5.74) is 0.186. The maximum absolute atomic E-state index is 13.0. The zero-order valence-corrected chi connectivity index (χ0v) is 15.0. The van der Waals surface area contributed by atoms with E-state index in [2.05, 4.69) is 0 Å². The van der Waals surface area contributed by atoms with Gasteiger partial charge in [0.1, 0.15) is 0 Å². The number of piperazine rings is 1. The minimum atomic E-state index is -0.853. The Hall–Kier alpha value is -1.88. The zero-order valence-electron chi connectivity index (χ0n) is 15.0. The van der Waals surface area contributed by atoms with Gasteiger partial charge in [0, 0.05) is 26.6 Å². The molecule has 3 rings (SSSR count). The van der Waals surface area contributed by atoms with Crippen molar-refractivity contribution >= 4 is 11.8 Å². The lowest BCUT2D eigenvalue weighted by atomic mass is 9.82. The van der Waals surface area contributed by atoms with Crippen molar-refractivity contribution in [3.8, 4) is 0 Å². The summed E-state index contributed by atoms with van der Waals surface area (Å²) in [7, 11) is 0. The SMILES string of the molecule is CC(=O)N1CCN(C(=O)CC2(O)CCCCC2)[C@@H](c2ccccc2)C1. The van der Waals surface area contributed by atoms with Crippen LogP contribution in [0.2, 0.25) is 0 Å². The predicted molar refractivity (Wildman–Crippen MR) is 95.8 cm³/mol. The number of rotatable bonds is 3. The molecule has 1 N–H and O–H groups in total. The molecule has 25 heavy (non-hydrogen) atoms. The summed E-state index contributed by atoms with van der Waals surface area (Å²) in [6, 6.07) is 9.73. The Morgan fingerprint density at radius 2 is 1.80 bits per heavy atom. The van der Waals surface area contributed by atoms with Crippen LogP contribution < -0.4 is 0 Å². The molecular weight excluding hydrogens is 316 g/mol. The molecule has 1 aromatic carbocycles. The van der Waals surface area contributed by atoms with Gasteiger partial charge < -0.3 is 14.9 Å². The molecule has 1 aliphatic heterocycles. The van der Waals surface area contributed by atoms with Crippen molar-refractivity contribution in [2.24, 2.45) is 0 Å². The van der Waals surface area contributed by atoms with Crippen LogP contribution >= 0.6 is 0 Å². The molecule has 2 amide bonds. The Morgan fingerprint density at radius 3 is 2.44 bits per heavy atom. The third-order valence-corrected chi connectivity index (χ3v) is 5.59.